The molecule has 1 aromatic heterocycles. The van der Waals surface area contributed by atoms with E-state index in [1.807, 2.05) is 0 Å². The van der Waals surface area contributed by atoms with Crippen LogP contribution < -0.4 is 5.32 Å². The van der Waals surface area contributed by atoms with E-state index in [2.05, 4.69) is 10.3 Å². The fourth-order valence-corrected chi connectivity index (χ4v) is 1.46. The highest BCUT2D eigenvalue weighted by molar-refractivity contribution is 5.18. The van der Waals surface area contributed by atoms with Crippen molar-refractivity contribution in [2.75, 3.05) is 0 Å². The average molecular weight is 232 g/mol. The van der Waals surface area contributed by atoms with Gasteiger partial charge in [-0.3, -0.25) is 4.98 Å². The second kappa shape index (κ2) is 5.41. The Morgan fingerprint density at radius 3 is 2.47 bits per heavy atom. The van der Waals surface area contributed by atoms with Gasteiger partial charge in [-0.05, 0) is 29.8 Å². The minimum atomic E-state index is -0.228. The van der Waals surface area contributed by atoms with Crippen molar-refractivity contribution in [2.24, 2.45) is 0 Å². The fraction of sp³-hybridized carbons (Fsp3) is 0.154. The molecule has 2 aromatic rings. The SMILES string of the molecule is Oc1ccc(CNCc2ccc(F)cc2)nc1. The van der Waals surface area contributed by atoms with Crippen molar-refractivity contribution in [3.05, 3.63) is 59.7 Å². The zero-order chi connectivity index (χ0) is 12.1. The van der Waals surface area contributed by atoms with Gasteiger partial charge in [-0.25, -0.2) is 4.39 Å². The predicted molar refractivity (Wildman–Crippen MR) is 62.8 cm³/mol. The number of nitrogens with zero attached hydrogens (tertiary/aromatic N) is 1. The number of benzene rings is 1. The van der Waals surface area contributed by atoms with Crippen LogP contribution >= 0.6 is 0 Å². The third-order valence-electron chi connectivity index (χ3n) is 2.36. The van der Waals surface area contributed by atoms with Crippen molar-refractivity contribution in [3.63, 3.8) is 0 Å². The Hall–Kier alpha value is -1.94. The molecule has 0 fully saturated rings. The van der Waals surface area contributed by atoms with Gasteiger partial charge in [0.1, 0.15) is 11.6 Å². The molecule has 0 aliphatic heterocycles. The number of aromatic nitrogens is 1. The molecule has 4 heteroatoms. The molecular weight excluding hydrogens is 219 g/mol. The molecule has 2 rings (SSSR count). The summed E-state index contributed by atoms with van der Waals surface area (Å²) in [5.41, 5.74) is 1.87. The van der Waals surface area contributed by atoms with Crippen molar-refractivity contribution in [2.45, 2.75) is 13.1 Å². The average Bonchev–Trinajstić information content (AvgIpc) is 2.34. The summed E-state index contributed by atoms with van der Waals surface area (Å²) in [4.78, 5) is 4.05. The minimum Gasteiger partial charge on any atom is -0.506 e. The van der Waals surface area contributed by atoms with Crippen LogP contribution in [0, 0.1) is 5.82 Å². The summed E-state index contributed by atoms with van der Waals surface area (Å²) in [6, 6.07) is 9.72. The van der Waals surface area contributed by atoms with Gasteiger partial charge in [0, 0.05) is 13.1 Å². The monoisotopic (exact) mass is 232 g/mol. The Bertz CT molecular complexity index is 422. The molecule has 0 atom stereocenters. The molecule has 1 aromatic carbocycles. The zero-order valence-electron chi connectivity index (χ0n) is 9.23. The van der Waals surface area contributed by atoms with Gasteiger partial charge in [-0.2, -0.15) is 0 Å². The number of halogens is 1. The molecule has 0 radical (unpaired) electrons. The number of nitrogens with one attached hydrogen (secondary N) is 1. The van der Waals surface area contributed by atoms with Crippen molar-refractivity contribution in [1.29, 1.82) is 0 Å². The van der Waals surface area contributed by atoms with E-state index in [1.165, 1.54) is 18.3 Å². The number of hydrogen-bond donors (Lipinski definition) is 2. The summed E-state index contributed by atoms with van der Waals surface area (Å²) in [6.45, 7) is 1.26. The minimum absolute atomic E-state index is 0.160. The molecule has 0 unspecified atom stereocenters. The van der Waals surface area contributed by atoms with Gasteiger partial charge in [0.2, 0.25) is 0 Å². The standard InChI is InChI=1S/C13H13FN2O/c14-11-3-1-10(2-4-11)7-15-8-12-5-6-13(17)9-16-12/h1-6,9,15,17H,7-8H2. The van der Waals surface area contributed by atoms with E-state index in [9.17, 15) is 4.39 Å². The maximum Gasteiger partial charge on any atom is 0.133 e. The maximum atomic E-state index is 12.7. The first-order chi connectivity index (χ1) is 8.24. The molecule has 0 bridgehead atoms. The molecule has 2 N–H and O–H groups in total. The van der Waals surface area contributed by atoms with E-state index in [1.54, 1.807) is 24.3 Å². The number of hydrogen-bond acceptors (Lipinski definition) is 3. The van der Waals surface area contributed by atoms with E-state index < -0.39 is 0 Å². The molecular formula is C13H13FN2O. The summed E-state index contributed by atoms with van der Waals surface area (Å²) in [5, 5.41) is 12.3. The first-order valence-corrected chi connectivity index (χ1v) is 5.33. The van der Waals surface area contributed by atoms with E-state index in [0.29, 0.717) is 13.1 Å². The molecule has 0 amide bonds. The Kier molecular flexibility index (Phi) is 3.67. The summed E-state index contributed by atoms with van der Waals surface area (Å²) < 4.78 is 12.7. The van der Waals surface area contributed by atoms with Crippen LogP contribution in [0.2, 0.25) is 0 Å². The lowest BCUT2D eigenvalue weighted by atomic mass is 10.2. The van der Waals surface area contributed by atoms with Gasteiger partial charge in [0.15, 0.2) is 0 Å². The summed E-state index contributed by atoms with van der Waals surface area (Å²) in [5.74, 6) is -0.0683. The number of aromatic hydroxyl groups is 1. The third kappa shape index (κ3) is 3.53. The molecule has 17 heavy (non-hydrogen) atoms. The number of rotatable bonds is 4. The van der Waals surface area contributed by atoms with Crippen LogP contribution in [0.15, 0.2) is 42.6 Å². The highest BCUT2D eigenvalue weighted by Crippen LogP contribution is 2.06. The second-order valence-corrected chi connectivity index (χ2v) is 3.74. The highest BCUT2D eigenvalue weighted by atomic mass is 19.1. The molecule has 3 nitrogen and oxygen atoms in total. The normalized spacial score (nSPS) is 10.4. The first kappa shape index (κ1) is 11.5. The van der Waals surface area contributed by atoms with Crippen LogP contribution in [-0.2, 0) is 13.1 Å². The Balaban J connectivity index is 1.83. The van der Waals surface area contributed by atoms with Crippen molar-refractivity contribution < 1.29 is 9.50 Å². The van der Waals surface area contributed by atoms with E-state index >= 15 is 0 Å². The summed E-state index contributed by atoms with van der Waals surface area (Å²) in [7, 11) is 0. The molecule has 88 valence electrons. The topological polar surface area (TPSA) is 45.1 Å². The first-order valence-electron chi connectivity index (χ1n) is 5.33. The molecule has 1 heterocycles. The van der Waals surface area contributed by atoms with Gasteiger partial charge in [0.25, 0.3) is 0 Å². The van der Waals surface area contributed by atoms with Gasteiger partial charge < -0.3 is 10.4 Å². The zero-order valence-corrected chi connectivity index (χ0v) is 9.23. The molecule has 0 spiro atoms. The lowest BCUT2D eigenvalue weighted by Gasteiger charge is -2.04. The second-order valence-electron chi connectivity index (χ2n) is 3.74. The highest BCUT2D eigenvalue weighted by Gasteiger charge is 1.96. The lowest BCUT2D eigenvalue weighted by Crippen LogP contribution is -2.13. The van der Waals surface area contributed by atoms with Crippen LogP contribution in [0.25, 0.3) is 0 Å². The van der Waals surface area contributed by atoms with Crippen LogP contribution in [0.4, 0.5) is 4.39 Å². The van der Waals surface area contributed by atoms with Crippen LogP contribution in [-0.4, -0.2) is 10.1 Å². The molecule has 0 aliphatic carbocycles. The van der Waals surface area contributed by atoms with Gasteiger partial charge in [-0.1, -0.05) is 12.1 Å². The van der Waals surface area contributed by atoms with Crippen molar-refractivity contribution >= 4 is 0 Å². The summed E-state index contributed by atoms with van der Waals surface area (Å²) in [6.07, 6.45) is 1.41. The fourth-order valence-electron chi connectivity index (χ4n) is 1.46. The Morgan fingerprint density at radius 1 is 1.06 bits per heavy atom. The predicted octanol–water partition coefficient (Wildman–Crippen LogP) is 2.22. The lowest BCUT2D eigenvalue weighted by molar-refractivity contribution is 0.471. The Labute approximate surface area is 98.9 Å². The quantitative estimate of drug-likeness (QED) is 0.849. The van der Waals surface area contributed by atoms with Crippen LogP contribution in [0.1, 0.15) is 11.3 Å². The number of pyridine rings is 1. The van der Waals surface area contributed by atoms with Gasteiger partial charge in [0.05, 0.1) is 11.9 Å². The Morgan fingerprint density at radius 2 is 1.82 bits per heavy atom. The molecule has 0 aliphatic rings. The maximum absolute atomic E-state index is 12.7. The van der Waals surface area contributed by atoms with Crippen LogP contribution in [0.3, 0.4) is 0 Å². The van der Waals surface area contributed by atoms with Crippen molar-refractivity contribution in [3.8, 4) is 5.75 Å². The molecule has 0 saturated heterocycles. The smallest absolute Gasteiger partial charge is 0.133 e. The van der Waals surface area contributed by atoms with Crippen molar-refractivity contribution in [1.82, 2.24) is 10.3 Å². The van der Waals surface area contributed by atoms with Gasteiger partial charge >= 0.3 is 0 Å². The molecule has 0 saturated carbocycles. The van der Waals surface area contributed by atoms with E-state index in [0.717, 1.165) is 11.3 Å². The van der Waals surface area contributed by atoms with E-state index in [4.69, 9.17) is 5.11 Å². The third-order valence-corrected chi connectivity index (χ3v) is 2.36. The van der Waals surface area contributed by atoms with E-state index in [-0.39, 0.29) is 11.6 Å². The summed E-state index contributed by atoms with van der Waals surface area (Å²) >= 11 is 0. The largest absolute Gasteiger partial charge is 0.506 e. The van der Waals surface area contributed by atoms with Crippen LogP contribution in [0.5, 0.6) is 5.75 Å². The van der Waals surface area contributed by atoms with Gasteiger partial charge in [-0.15, -0.1) is 0 Å².